The Labute approximate surface area is 241 Å². The summed E-state index contributed by atoms with van der Waals surface area (Å²) in [6.07, 6.45) is 2.94. The predicted molar refractivity (Wildman–Crippen MR) is 156 cm³/mol. The molecule has 0 bridgehead atoms. The van der Waals surface area contributed by atoms with Crippen molar-refractivity contribution in [1.82, 2.24) is 9.80 Å². The van der Waals surface area contributed by atoms with E-state index in [4.69, 9.17) is 50.0 Å². The van der Waals surface area contributed by atoms with E-state index >= 15 is 0 Å². The second-order valence-corrected chi connectivity index (χ2v) is 11.4. The summed E-state index contributed by atoms with van der Waals surface area (Å²) in [5.74, 6) is -0.335. The highest BCUT2D eigenvalue weighted by molar-refractivity contribution is 8.26. The summed E-state index contributed by atoms with van der Waals surface area (Å²) in [4.78, 5) is 28.1. The summed E-state index contributed by atoms with van der Waals surface area (Å²) in [7, 11) is 0. The Kier molecular flexibility index (Phi) is 10.5. The van der Waals surface area contributed by atoms with E-state index in [0.29, 0.717) is 51.0 Å². The lowest BCUT2D eigenvalue weighted by atomic mass is 10.0. The molecule has 4 rings (SSSR count). The van der Waals surface area contributed by atoms with Crippen LogP contribution in [-0.2, 0) is 14.3 Å². The molecular weight excluding hydrogens is 567 g/mol. The van der Waals surface area contributed by atoms with E-state index in [-0.39, 0.29) is 12.3 Å². The Bertz CT molecular complexity index is 1230. The number of morpholine rings is 1. The zero-order valence-corrected chi connectivity index (χ0v) is 23.8. The van der Waals surface area contributed by atoms with Crippen LogP contribution in [0.1, 0.15) is 24.8 Å². The molecule has 2 aromatic rings. The van der Waals surface area contributed by atoms with Gasteiger partial charge in [0.05, 0.1) is 23.1 Å². The molecule has 2 saturated heterocycles. The maximum Gasteiger partial charge on any atom is 0.303 e. The van der Waals surface area contributed by atoms with Crippen molar-refractivity contribution in [2.75, 3.05) is 46.0 Å². The van der Waals surface area contributed by atoms with Crippen LogP contribution in [0.2, 0.25) is 10.0 Å². The first-order valence-electron chi connectivity index (χ1n) is 12.3. The number of benzene rings is 2. The number of carbonyl (C=O) groups is 2. The summed E-state index contributed by atoms with van der Waals surface area (Å²) in [6, 6.07) is 11.1. The van der Waals surface area contributed by atoms with Crippen molar-refractivity contribution in [3.05, 3.63) is 56.9 Å². The van der Waals surface area contributed by atoms with Crippen molar-refractivity contribution in [3.63, 3.8) is 0 Å². The molecule has 1 N–H and O–H groups in total. The smallest absolute Gasteiger partial charge is 0.303 e. The zero-order chi connectivity index (χ0) is 27.1. The predicted octanol–water partition coefficient (Wildman–Crippen LogP) is 5.83. The van der Waals surface area contributed by atoms with Crippen LogP contribution in [0.3, 0.4) is 0 Å². The van der Waals surface area contributed by atoms with Gasteiger partial charge < -0.3 is 14.6 Å². The number of thiocarbonyl (C=S) groups is 1. The summed E-state index contributed by atoms with van der Waals surface area (Å²) >= 11 is 19.4. The number of halogens is 2. The van der Waals surface area contributed by atoms with E-state index in [1.807, 2.05) is 24.3 Å². The van der Waals surface area contributed by atoms with Crippen LogP contribution >= 0.6 is 47.2 Å². The number of aliphatic carboxylic acids is 1. The average Bonchev–Trinajstić information content (AvgIpc) is 3.15. The number of amides is 1. The molecule has 2 aliphatic heterocycles. The fourth-order valence-electron chi connectivity index (χ4n) is 4.18. The molecule has 202 valence electrons. The van der Waals surface area contributed by atoms with Crippen LogP contribution in [0, 0.1) is 0 Å². The summed E-state index contributed by atoms with van der Waals surface area (Å²) in [5, 5.41) is 9.87. The summed E-state index contributed by atoms with van der Waals surface area (Å²) in [5.41, 5.74) is 2.38. The summed E-state index contributed by atoms with van der Waals surface area (Å²) in [6.45, 7) is 4.93. The van der Waals surface area contributed by atoms with Crippen molar-refractivity contribution in [2.45, 2.75) is 19.3 Å². The number of carboxylic acids is 1. The van der Waals surface area contributed by atoms with Crippen LogP contribution < -0.4 is 4.74 Å². The van der Waals surface area contributed by atoms with E-state index in [1.54, 1.807) is 18.2 Å². The van der Waals surface area contributed by atoms with Gasteiger partial charge in [-0.1, -0.05) is 59.3 Å². The van der Waals surface area contributed by atoms with Crippen LogP contribution in [0.5, 0.6) is 5.75 Å². The van der Waals surface area contributed by atoms with Crippen molar-refractivity contribution in [1.29, 1.82) is 0 Å². The van der Waals surface area contributed by atoms with E-state index in [9.17, 15) is 9.59 Å². The van der Waals surface area contributed by atoms with E-state index in [0.717, 1.165) is 49.5 Å². The average molecular weight is 596 g/mol. The van der Waals surface area contributed by atoms with Gasteiger partial charge in [0.1, 0.15) is 16.7 Å². The number of hydrogen-bond donors (Lipinski definition) is 1. The largest absolute Gasteiger partial charge is 0.492 e. The standard InChI is InChI=1S/C27H28Cl2N2O5S2/c28-19-5-6-20(22(29)17-19)21-15-18(4-7-23(21)36-14-11-30-9-12-35-13-10-30)16-24-26(34)31(27(37)38-24)8-2-1-3-25(32)33/h4-7,15-17H,1-3,8-14H2,(H,32,33)/b24-16-. The van der Waals surface area contributed by atoms with Crippen molar-refractivity contribution in [2.24, 2.45) is 0 Å². The molecule has 1 amide bonds. The summed E-state index contributed by atoms with van der Waals surface area (Å²) < 4.78 is 12.1. The molecule has 0 aromatic heterocycles. The second-order valence-electron chi connectivity index (χ2n) is 8.87. The third-order valence-electron chi connectivity index (χ3n) is 6.19. The Hall–Kier alpha value is -2.14. The van der Waals surface area contributed by atoms with Gasteiger partial charge in [0.25, 0.3) is 5.91 Å². The number of hydrogen-bond acceptors (Lipinski definition) is 7. The Morgan fingerprint density at radius 2 is 1.89 bits per heavy atom. The van der Waals surface area contributed by atoms with Gasteiger partial charge in [-0.15, -0.1) is 0 Å². The molecule has 0 atom stereocenters. The molecule has 2 fully saturated rings. The van der Waals surface area contributed by atoms with Gasteiger partial charge in [-0.05, 0) is 48.7 Å². The minimum Gasteiger partial charge on any atom is -0.492 e. The normalized spacial score (nSPS) is 17.4. The second kappa shape index (κ2) is 13.8. The van der Waals surface area contributed by atoms with Gasteiger partial charge in [0.15, 0.2) is 0 Å². The molecule has 38 heavy (non-hydrogen) atoms. The molecule has 0 unspecified atom stereocenters. The van der Waals surface area contributed by atoms with Crippen LogP contribution in [0.15, 0.2) is 41.3 Å². The van der Waals surface area contributed by atoms with Gasteiger partial charge in [-0.2, -0.15) is 0 Å². The molecule has 11 heteroatoms. The SMILES string of the molecule is O=C(O)CCCCN1C(=O)/C(=C/c2ccc(OCCN3CCOCC3)c(-c3ccc(Cl)cc3Cl)c2)SC1=S. The molecule has 2 aromatic carbocycles. The first kappa shape index (κ1) is 28.9. The van der Waals surface area contributed by atoms with Gasteiger partial charge in [-0.3, -0.25) is 19.4 Å². The molecule has 0 radical (unpaired) electrons. The molecule has 0 aliphatic carbocycles. The highest BCUT2D eigenvalue weighted by atomic mass is 35.5. The molecule has 2 aliphatic rings. The number of ether oxygens (including phenoxy) is 2. The maximum absolute atomic E-state index is 13.0. The molecule has 0 saturated carbocycles. The molecule has 2 heterocycles. The molecule has 0 spiro atoms. The van der Waals surface area contributed by atoms with Crippen LogP contribution in [-0.4, -0.2) is 77.1 Å². The van der Waals surface area contributed by atoms with Gasteiger partial charge in [0, 0.05) is 48.7 Å². The fourth-order valence-corrected chi connectivity index (χ4v) is 6.00. The van der Waals surface area contributed by atoms with Crippen molar-refractivity contribution >= 4 is 69.5 Å². The minimum absolute atomic E-state index is 0.0710. The highest BCUT2D eigenvalue weighted by Gasteiger charge is 2.31. The Morgan fingerprint density at radius 3 is 2.63 bits per heavy atom. The molecule has 7 nitrogen and oxygen atoms in total. The van der Waals surface area contributed by atoms with Crippen molar-refractivity contribution in [3.8, 4) is 16.9 Å². The third kappa shape index (κ3) is 7.71. The van der Waals surface area contributed by atoms with E-state index in [1.165, 1.54) is 16.7 Å². The zero-order valence-electron chi connectivity index (χ0n) is 20.7. The quantitative estimate of drug-likeness (QED) is 0.198. The first-order valence-corrected chi connectivity index (χ1v) is 14.3. The Morgan fingerprint density at radius 1 is 1.11 bits per heavy atom. The van der Waals surface area contributed by atoms with E-state index in [2.05, 4.69) is 4.90 Å². The number of nitrogens with zero attached hydrogens (tertiary/aromatic N) is 2. The topological polar surface area (TPSA) is 79.3 Å². The number of carbonyl (C=O) groups excluding carboxylic acids is 1. The fraction of sp³-hybridized carbons (Fsp3) is 0.370. The minimum atomic E-state index is -0.847. The van der Waals surface area contributed by atoms with Crippen LogP contribution in [0.25, 0.3) is 17.2 Å². The third-order valence-corrected chi connectivity index (χ3v) is 8.11. The Balaban J connectivity index is 1.53. The van der Waals surface area contributed by atoms with E-state index < -0.39 is 5.97 Å². The lowest BCUT2D eigenvalue weighted by molar-refractivity contribution is -0.137. The lowest BCUT2D eigenvalue weighted by Gasteiger charge is -2.26. The highest BCUT2D eigenvalue weighted by Crippen LogP contribution is 2.39. The monoisotopic (exact) mass is 594 g/mol. The van der Waals surface area contributed by atoms with Gasteiger partial charge in [-0.25, -0.2) is 0 Å². The number of unbranched alkanes of at least 4 members (excludes halogenated alkanes) is 1. The maximum atomic E-state index is 13.0. The number of rotatable bonds is 11. The first-order chi connectivity index (χ1) is 18.3. The lowest BCUT2D eigenvalue weighted by Crippen LogP contribution is -2.38. The van der Waals surface area contributed by atoms with Crippen molar-refractivity contribution < 1.29 is 24.2 Å². The van der Waals surface area contributed by atoms with Gasteiger partial charge in [0.2, 0.25) is 0 Å². The van der Waals surface area contributed by atoms with Crippen LogP contribution in [0.4, 0.5) is 0 Å². The van der Waals surface area contributed by atoms with Gasteiger partial charge >= 0.3 is 5.97 Å². The number of thioether (sulfide) groups is 1. The molecular formula is C27H28Cl2N2O5S2. The number of carboxylic acid groups (broad SMARTS) is 1.